The lowest BCUT2D eigenvalue weighted by atomic mass is 9.99. The van der Waals surface area contributed by atoms with Crippen molar-refractivity contribution in [3.63, 3.8) is 0 Å². The van der Waals surface area contributed by atoms with Crippen molar-refractivity contribution < 1.29 is 4.39 Å². The highest BCUT2D eigenvalue weighted by molar-refractivity contribution is 8.03. The van der Waals surface area contributed by atoms with Gasteiger partial charge >= 0.3 is 0 Å². The Morgan fingerprint density at radius 2 is 1.17 bits per heavy atom. The van der Waals surface area contributed by atoms with Gasteiger partial charge in [-0.15, -0.1) is 0 Å². The first-order chi connectivity index (χ1) is 11.2. The van der Waals surface area contributed by atoms with Gasteiger partial charge in [0.2, 0.25) is 0 Å². The van der Waals surface area contributed by atoms with E-state index in [0.29, 0.717) is 5.57 Å². The first-order valence-electron chi connectivity index (χ1n) is 7.49. The molecule has 0 nitrogen and oxygen atoms in total. The van der Waals surface area contributed by atoms with Crippen LogP contribution in [0.15, 0.2) is 95.0 Å². The van der Waals surface area contributed by atoms with Crippen molar-refractivity contribution in [1.82, 2.24) is 0 Å². The van der Waals surface area contributed by atoms with E-state index in [9.17, 15) is 0 Å². The van der Waals surface area contributed by atoms with Crippen LogP contribution >= 0.6 is 11.8 Å². The average molecular weight is 320 g/mol. The van der Waals surface area contributed by atoms with E-state index in [1.165, 1.54) is 5.56 Å². The van der Waals surface area contributed by atoms with Gasteiger partial charge in [-0.3, -0.25) is 0 Å². The number of halogens is 1. The van der Waals surface area contributed by atoms with E-state index in [1.54, 1.807) is 0 Å². The van der Waals surface area contributed by atoms with Gasteiger partial charge in [-0.05, 0) is 30.2 Å². The Labute approximate surface area is 140 Å². The quantitative estimate of drug-likeness (QED) is 0.496. The summed E-state index contributed by atoms with van der Waals surface area (Å²) in [7, 11) is 0. The molecule has 0 spiro atoms. The summed E-state index contributed by atoms with van der Waals surface area (Å²) in [6, 6.07) is 27.3. The fourth-order valence-corrected chi connectivity index (χ4v) is 3.18. The highest BCUT2D eigenvalue weighted by atomic mass is 32.2. The molecule has 0 atom stereocenters. The standard InChI is InChI=1S/C21H17FS/c1-16-12-14-19(15-13-16)23-21(22)20(17-8-4-2-5-9-17)18-10-6-3-7-11-18/h2-15H,1H3. The lowest BCUT2D eigenvalue weighted by molar-refractivity contribution is 0.702. The van der Waals surface area contributed by atoms with Gasteiger partial charge in [-0.2, -0.15) is 4.39 Å². The Bertz CT molecular complexity index is 749. The van der Waals surface area contributed by atoms with Crippen molar-refractivity contribution >= 4 is 17.3 Å². The molecule has 0 amide bonds. The Kier molecular flexibility index (Phi) is 4.94. The zero-order valence-corrected chi connectivity index (χ0v) is 13.7. The van der Waals surface area contributed by atoms with E-state index >= 15 is 4.39 Å². The van der Waals surface area contributed by atoms with E-state index in [2.05, 4.69) is 0 Å². The molecule has 0 aliphatic carbocycles. The third kappa shape index (κ3) is 3.91. The van der Waals surface area contributed by atoms with Crippen LogP contribution in [0.5, 0.6) is 0 Å². The highest BCUT2D eigenvalue weighted by Crippen LogP contribution is 2.37. The normalized spacial score (nSPS) is 10.3. The molecule has 0 aliphatic heterocycles. The van der Waals surface area contributed by atoms with E-state index in [1.807, 2.05) is 91.9 Å². The van der Waals surface area contributed by atoms with E-state index in [4.69, 9.17) is 0 Å². The van der Waals surface area contributed by atoms with Gasteiger partial charge in [-0.25, -0.2) is 0 Å². The van der Waals surface area contributed by atoms with Crippen LogP contribution in [0.1, 0.15) is 16.7 Å². The van der Waals surface area contributed by atoms with Crippen molar-refractivity contribution in [2.75, 3.05) is 0 Å². The average Bonchev–Trinajstić information content (AvgIpc) is 2.59. The smallest absolute Gasteiger partial charge is 0.169 e. The number of rotatable bonds is 4. The van der Waals surface area contributed by atoms with Crippen LogP contribution in [-0.4, -0.2) is 0 Å². The molecule has 0 radical (unpaired) electrons. The fraction of sp³-hybridized carbons (Fsp3) is 0.0476. The molecule has 0 aliphatic rings. The third-order valence-electron chi connectivity index (χ3n) is 3.55. The maximum Gasteiger partial charge on any atom is 0.169 e. The zero-order valence-electron chi connectivity index (χ0n) is 12.9. The minimum atomic E-state index is -0.189. The minimum absolute atomic E-state index is 0.189. The third-order valence-corrected chi connectivity index (χ3v) is 4.44. The predicted octanol–water partition coefficient (Wildman–Crippen LogP) is 6.47. The van der Waals surface area contributed by atoms with Gasteiger partial charge in [0.1, 0.15) is 0 Å². The molecule has 3 rings (SSSR count). The largest absolute Gasteiger partial charge is 0.198 e. The van der Waals surface area contributed by atoms with Gasteiger partial charge in [0.25, 0.3) is 0 Å². The summed E-state index contributed by atoms with van der Waals surface area (Å²) in [6.07, 6.45) is 0. The molecule has 3 aromatic rings. The second kappa shape index (κ2) is 7.30. The molecule has 0 saturated heterocycles. The molecule has 0 fully saturated rings. The topological polar surface area (TPSA) is 0 Å². The molecule has 0 unspecified atom stereocenters. The lowest BCUT2D eigenvalue weighted by Gasteiger charge is -2.10. The van der Waals surface area contributed by atoms with Crippen molar-refractivity contribution in [1.29, 1.82) is 0 Å². The van der Waals surface area contributed by atoms with E-state index < -0.39 is 0 Å². The van der Waals surface area contributed by atoms with Gasteiger partial charge in [0.15, 0.2) is 5.16 Å². The molecule has 0 aromatic heterocycles. The van der Waals surface area contributed by atoms with Crippen LogP contribution in [-0.2, 0) is 0 Å². The van der Waals surface area contributed by atoms with Gasteiger partial charge in [0, 0.05) is 10.5 Å². The molecule has 0 saturated carbocycles. The molecule has 0 N–H and O–H groups in total. The highest BCUT2D eigenvalue weighted by Gasteiger charge is 2.13. The van der Waals surface area contributed by atoms with Crippen LogP contribution in [0.4, 0.5) is 4.39 Å². The molecule has 0 bridgehead atoms. The Balaban J connectivity index is 2.04. The first kappa shape index (κ1) is 15.6. The summed E-state index contributed by atoms with van der Waals surface area (Å²) >= 11 is 1.16. The minimum Gasteiger partial charge on any atom is -0.198 e. The van der Waals surface area contributed by atoms with Gasteiger partial charge in [-0.1, -0.05) is 90.1 Å². The predicted molar refractivity (Wildman–Crippen MR) is 97.1 cm³/mol. The van der Waals surface area contributed by atoms with E-state index in [0.717, 1.165) is 27.8 Å². The summed E-state index contributed by atoms with van der Waals surface area (Å²) < 4.78 is 15.1. The summed E-state index contributed by atoms with van der Waals surface area (Å²) in [5, 5.41) is -0.189. The lowest BCUT2D eigenvalue weighted by Crippen LogP contribution is -1.90. The number of aryl methyl sites for hydroxylation is 1. The number of benzene rings is 3. The molecular formula is C21H17FS. The molecule has 3 aromatic carbocycles. The molecular weight excluding hydrogens is 303 g/mol. The number of hydrogen-bond donors (Lipinski definition) is 0. The molecule has 23 heavy (non-hydrogen) atoms. The van der Waals surface area contributed by atoms with Crippen molar-refractivity contribution in [2.24, 2.45) is 0 Å². The Morgan fingerprint density at radius 1 is 0.696 bits per heavy atom. The second-order valence-electron chi connectivity index (χ2n) is 5.30. The summed E-state index contributed by atoms with van der Waals surface area (Å²) in [4.78, 5) is 0.900. The molecule has 114 valence electrons. The van der Waals surface area contributed by atoms with Crippen LogP contribution < -0.4 is 0 Å². The van der Waals surface area contributed by atoms with Crippen molar-refractivity contribution in [3.8, 4) is 0 Å². The number of hydrogen-bond acceptors (Lipinski definition) is 1. The molecule has 2 heteroatoms. The molecule has 0 heterocycles. The van der Waals surface area contributed by atoms with Crippen LogP contribution in [0.2, 0.25) is 0 Å². The van der Waals surface area contributed by atoms with Crippen LogP contribution in [0.25, 0.3) is 5.57 Å². The van der Waals surface area contributed by atoms with Crippen LogP contribution in [0, 0.1) is 6.92 Å². The second-order valence-corrected chi connectivity index (χ2v) is 6.33. The van der Waals surface area contributed by atoms with Crippen molar-refractivity contribution in [2.45, 2.75) is 11.8 Å². The fourth-order valence-electron chi connectivity index (χ4n) is 2.36. The monoisotopic (exact) mass is 320 g/mol. The maximum absolute atomic E-state index is 15.1. The van der Waals surface area contributed by atoms with Gasteiger partial charge in [0.05, 0.1) is 0 Å². The van der Waals surface area contributed by atoms with Crippen LogP contribution in [0.3, 0.4) is 0 Å². The van der Waals surface area contributed by atoms with Gasteiger partial charge < -0.3 is 0 Å². The summed E-state index contributed by atoms with van der Waals surface area (Å²) in [6.45, 7) is 2.03. The Morgan fingerprint density at radius 3 is 1.65 bits per heavy atom. The maximum atomic E-state index is 15.1. The van der Waals surface area contributed by atoms with E-state index in [-0.39, 0.29) is 5.16 Å². The summed E-state index contributed by atoms with van der Waals surface area (Å²) in [5.74, 6) is 0. The van der Waals surface area contributed by atoms with Crippen molar-refractivity contribution in [3.05, 3.63) is 107 Å². The first-order valence-corrected chi connectivity index (χ1v) is 8.31. The SMILES string of the molecule is Cc1ccc(SC(F)=C(c2ccccc2)c2ccccc2)cc1. The summed E-state index contributed by atoms with van der Waals surface area (Å²) in [5.41, 5.74) is 3.58. The number of thioether (sulfide) groups is 1. The Hall–Kier alpha value is -2.32. The zero-order chi connectivity index (χ0) is 16.1.